The standard InChI is InChI=1S/C8H5F2NO2S/c9-5-1-4(11-3-14)2-6(10)7(5)8(12)13/h1-3H,(H,11,14)(H,12,13). The van der Waals surface area contributed by atoms with Crippen molar-refractivity contribution >= 4 is 29.4 Å². The van der Waals surface area contributed by atoms with Crippen LogP contribution < -0.4 is 5.32 Å². The molecule has 0 atom stereocenters. The number of carbonyl (C=O) groups is 1. The normalized spacial score (nSPS) is 9.57. The molecule has 74 valence electrons. The van der Waals surface area contributed by atoms with E-state index < -0.39 is 23.2 Å². The molecule has 0 aromatic heterocycles. The summed E-state index contributed by atoms with van der Waals surface area (Å²) < 4.78 is 26.0. The lowest BCUT2D eigenvalue weighted by atomic mass is 10.2. The van der Waals surface area contributed by atoms with Crippen molar-refractivity contribution in [2.45, 2.75) is 0 Å². The molecular weight excluding hydrogens is 212 g/mol. The maximum absolute atomic E-state index is 13.0. The number of hydrogen-bond donors (Lipinski definition) is 2. The van der Waals surface area contributed by atoms with Gasteiger partial charge in [0.15, 0.2) is 0 Å². The summed E-state index contributed by atoms with van der Waals surface area (Å²) in [6.07, 6.45) is 0. The van der Waals surface area contributed by atoms with Gasteiger partial charge in [0.1, 0.15) is 17.2 Å². The van der Waals surface area contributed by atoms with Crippen molar-refractivity contribution in [2.75, 3.05) is 5.32 Å². The zero-order valence-corrected chi connectivity index (χ0v) is 7.57. The van der Waals surface area contributed by atoms with E-state index in [1.165, 1.54) is 0 Å². The van der Waals surface area contributed by atoms with E-state index in [0.717, 1.165) is 17.6 Å². The van der Waals surface area contributed by atoms with Crippen LogP contribution in [0.1, 0.15) is 10.4 Å². The molecule has 1 aromatic rings. The molecule has 0 radical (unpaired) electrons. The molecule has 0 aliphatic rings. The van der Waals surface area contributed by atoms with E-state index in [9.17, 15) is 13.6 Å². The highest BCUT2D eigenvalue weighted by atomic mass is 32.1. The quantitative estimate of drug-likeness (QED) is 0.760. The number of benzene rings is 1. The van der Waals surface area contributed by atoms with Gasteiger partial charge in [0.2, 0.25) is 0 Å². The summed E-state index contributed by atoms with van der Waals surface area (Å²) in [5.74, 6) is -3.93. The van der Waals surface area contributed by atoms with Crippen molar-refractivity contribution in [3.8, 4) is 0 Å². The van der Waals surface area contributed by atoms with Crippen molar-refractivity contribution in [3.05, 3.63) is 29.3 Å². The third-order valence-corrected chi connectivity index (χ3v) is 1.60. The fourth-order valence-corrected chi connectivity index (χ4v) is 1.06. The molecular formula is C8H5F2NO2S. The number of nitrogens with one attached hydrogen (secondary N) is 1. The van der Waals surface area contributed by atoms with E-state index in [-0.39, 0.29) is 5.69 Å². The molecule has 6 heteroatoms. The topological polar surface area (TPSA) is 49.3 Å². The van der Waals surface area contributed by atoms with E-state index in [4.69, 9.17) is 5.11 Å². The predicted octanol–water partition coefficient (Wildman–Crippen LogP) is 2.03. The van der Waals surface area contributed by atoms with Gasteiger partial charge in [0.05, 0.1) is 5.49 Å². The summed E-state index contributed by atoms with van der Waals surface area (Å²) in [6, 6.07) is 1.71. The van der Waals surface area contributed by atoms with Gasteiger partial charge in [-0.05, 0) is 12.1 Å². The van der Waals surface area contributed by atoms with Gasteiger partial charge in [-0.1, -0.05) is 12.2 Å². The first-order valence-corrected chi connectivity index (χ1v) is 3.96. The monoisotopic (exact) mass is 217 g/mol. The second kappa shape index (κ2) is 4.10. The minimum absolute atomic E-state index is 0.0694. The lowest BCUT2D eigenvalue weighted by Gasteiger charge is -2.03. The van der Waals surface area contributed by atoms with Crippen LogP contribution in [-0.4, -0.2) is 16.6 Å². The van der Waals surface area contributed by atoms with Crippen LogP contribution >= 0.6 is 12.2 Å². The van der Waals surface area contributed by atoms with E-state index in [1.807, 2.05) is 0 Å². The molecule has 0 bridgehead atoms. The Morgan fingerprint density at radius 1 is 1.43 bits per heavy atom. The van der Waals surface area contributed by atoms with Crippen LogP contribution in [0.4, 0.5) is 14.5 Å². The molecule has 0 unspecified atom stereocenters. The Bertz CT molecular complexity index is 372. The van der Waals surface area contributed by atoms with Crippen LogP contribution in [0.25, 0.3) is 0 Å². The average Bonchev–Trinajstić information content (AvgIpc) is 2.01. The maximum Gasteiger partial charge on any atom is 0.341 e. The van der Waals surface area contributed by atoms with Crippen LogP contribution in [0, 0.1) is 11.6 Å². The first-order valence-electron chi connectivity index (χ1n) is 3.48. The molecule has 3 nitrogen and oxygen atoms in total. The number of aromatic carboxylic acids is 1. The van der Waals surface area contributed by atoms with Gasteiger partial charge in [0.25, 0.3) is 0 Å². The van der Waals surface area contributed by atoms with Gasteiger partial charge < -0.3 is 10.4 Å². The highest BCUT2D eigenvalue weighted by molar-refractivity contribution is 7.79. The zero-order chi connectivity index (χ0) is 10.7. The summed E-state index contributed by atoms with van der Waals surface area (Å²) in [5.41, 5.74) is 0.161. The molecule has 1 aromatic carbocycles. The molecule has 0 spiro atoms. The van der Waals surface area contributed by atoms with Crippen molar-refractivity contribution < 1.29 is 18.7 Å². The fourth-order valence-electron chi connectivity index (χ4n) is 0.929. The van der Waals surface area contributed by atoms with E-state index in [1.54, 1.807) is 0 Å². The molecule has 1 rings (SSSR count). The maximum atomic E-state index is 13.0. The summed E-state index contributed by atoms with van der Waals surface area (Å²) >= 11 is 4.41. The van der Waals surface area contributed by atoms with Gasteiger partial charge in [-0.2, -0.15) is 0 Å². The minimum atomic E-state index is -1.64. The first-order chi connectivity index (χ1) is 6.56. The second-order valence-corrected chi connectivity index (χ2v) is 2.62. The Morgan fingerprint density at radius 2 is 1.93 bits per heavy atom. The zero-order valence-electron chi connectivity index (χ0n) is 6.75. The molecule has 0 amide bonds. The molecule has 0 heterocycles. The van der Waals surface area contributed by atoms with Gasteiger partial charge in [-0.15, -0.1) is 0 Å². The van der Waals surface area contributed by atoms with Crippen LogP contribution in [0.5, 0.6) is 0 Å². The highest BCUT2D eigenvalue weighted by Crippen LogP contribution is 2.18. The molecule has 0 saturated heterocycles. The third kappa shape index (κ3) is 2.02. The molecule has 0 aliphatic heterocycles. The predicted molar refractivity (Wildman–Crippen MR) is 50.6 cm³/mol. The molecule has 0 aliphatic carbocycles. The summed E-state index contributed by atoms with van der Waals surface area (Å²) in [6.45, 7) is 0. The van der Waals surface area contributed by atoms with Crippen LogP contribution in [0.2, 0.25) is 0 Å². The van der Waals surface area contributed by atoms with E-state index in [2.05, 4.69) is 17.5 Å². The fraction of sp³-hybridized carbons (Fsp3) is 0. The minimum Gasteiger partial charge on any atom is -0.477 e. The number of carboxylic acid groups (broad SMARTS) is 1. The second-order valence-electron chi connectivity index (χ2n) is 2.38. The lowest BCUT2D eigenvalue weighted by Crippen LogP contribution is -2.06. The summed E-state index contributed by atoms with van der Waals surface area (Å²) in [5, 5.41) is 10.8. The largest absolute Gasteiger partial charge is 0.477 e. The van der Waals surface area contributed by atoms with Crippen LogP contribution in [0.3, 0.4) is 0 Å². The Labute approximate surface area is 83.4 Å². The van der Waals surface area contributed by atoms with Crippen molar-refractivity contribution in [1.29, 1.82) is 0 Å². The van der Waals surface area contributed by atoms with Crippen molar-refractivity contribution in [2.24, 2.45) is 0 Å². The van der Waals surface area contributed by atoms with E-state index >= 15 is 0 Å². The Morgan fingerprint density at radius 3 is 2.29 bits per heavy atom. The summed E-state index contributed by atoms with van der Waals surface area (Å²) in [4.78, 5) is 10.4. The Balaban J connectivity index is 3.24. The van der Waals surface area contributed by atoms with Crippen LogP contribution in [0.15, 0.2) is 12.1 Å². The third-order valence-electron chi connectivity index (χ3n) is 1.48. The number of rotatable bonds is 3. The Hall–Kier alpha value is -1.56. The molecule has 14 heavy (non-hydrogen) atoms. The number of carboxylic acids is 1. The molecule has 2 N–H and O–H groups in total. The number of thiocarbonyl (C=S) groups is 1. The molecule has 0 fully saturated rings. The number of anilines is 1. The molecule has 0 saturated carbocycles. The summed E-state index contributed by atoms with van der Waals surface area (Å²) in [7, 11) is 0. The van der Waals surface area contributed by atoms with Gasteiger partial charge in [-0.25, -0.2) is 13.6 Å². The number of hydrogen-bond acceptors (Lipinski definition) is 2. The first kappa shape index (κ1) is 10.5. The van der Waals surface area contributed by atoms with Crippen molar-refractivity contribution in [3.63, 3.8) is 0 Å². The lowest BCUT2D eigenvalue weighted by molar-refractivity contribution is 0.0686. The van der Waals surface area contributed by atoms with Gasteiger partial charge in [-0.3, -0.25) is 0 Å². The average molecular weight is 217 g/mol. The van der Waals surface area contributed by atoms with Gasteiger partial charge >= 0.3 is 5.97 Å². The van der Waals surface area contributed by atoms with Crippen molar-refractivity contribution in [1.82, 2.24) is 0 Å². The Kier molecular flexibility index (Phi) is 3.08. The number of halogens is 2. The highest BCUT2D eigenvalue weighted by Gasteiger charge is 2.17. The van der Waals surface area contributed by atoms with Crippen LogP contribution in [-0.2, 0) is 0 Å². The smallest absolute Gasteiger partial charge is 0.341 e. The van der Waals surface area contributed by atoms with Gasteiger partial charge in [0, 0.05) is 5.69 Å². The SMILES string of the molecule is O=C(O)c1c(F)cc(NC=S)cc1F. The van der Waals surface area contributed by atoms with E-state index in [0.29, 0.717) is 0 Å².